The van der Waals surface area contributed by atoms with Gasteiger partial charge in [-0.2, -0.15) is 0 Å². The standard InChI is InChI=1S/C16H17NO4S2/c1-3-10-17(23(19,20)15-9-6-11-22-15)14-8-5-7-13(12-14)16(18)21-4-2/h3,5-9,11-12H,1,4,10H2,2H3. The maximum atomic E-state index is 12.8. The fourth-order valence-electron chi connectivity index (χ4n) is 1.98. The molecule has 5 nitrogen and oxygen atoms in total. The monoisotopic (exact) mass is 351 g/mol. The number of sulfonamides is 1. The number of esters is 1. The lowest BCUT2D eigenvalue weighted by atomic mass is 10.2. The molecular weight excluding hydrogens is 334 g/mol. The first kappa shape index (κ1) is 17.2. The molecule has 1 heterocycles. The van der Waals surface area contributed by atoms with Gasteiger partial charge >= 0.3 is 5.97 Å². The minimum Gasteiger partial charge on any atom is -0.462 e. The summed E-state index contributed by atoms with van der Waals surface area (Å²) >= 11 is 1.14. The molecule has 0 aliphatic carbocycles. The Bertz CT molecular complexity index is 782. The molecule has 0 aliphatic heterocycles. The summed E-state index contributed by atoms with van der Waals surface area (Å²) in [5.74, 6) is -0.485. The van der Waals surface area contributed by atoms with E-state index in [0.717, 1.165) is 11.3 Å². The first-order valence-electron chi connectivity index (χ1n) is 6.95. The van der Waals surface area contributed by atoms with Crippen molar-refractivity contribution in [3.05, 3.63) is 60.0 Å². The maximum Gasteiger partial charge on any atom is 0.338 e. The summed E-state index contributed by atoms with van der Waals surface area (Å²) in [5, 5.41) is 1.70. The number of carbonyl (C=O) groups is 1. The van der Waals surface area contributed by atoms with E-state index in [1.165, 1.54) is 16.4 Å². The molecule has 0 radical (unpaired) electrons. The summed E-state index contributed by atoms with van der Waals surface area (Å²) in [6.07, 6.45) is 1.50. The third kappa shape index (κ3) is 3.80. The van der Waals surface area contributed by atoms with Crippen LogP contribution in [-0.4, -0.2) is 27.5 Å². The number of hydrogen-bond donors (Lipinski definition) is 0. The lowest BCUT2D eigenvalue weighted by molar-refractivity contribution is 0.0526. The number of carbonyl (C=O) groups excluding carboxylic acids is 1. The van der Waals surface area contributed by atoms with Crippen molar-refractivity contribution in [3.63, 3.8) is 0 Å². The van der Waals surface area contributed by atoms with Crippen LogP contribution in [0.1, 0.15) is 17.3 Å². The van der Waals surface area contributed by atoms with Gasteiger partial charge in [0.15, 0.2) is 0 Å². The summed E-state index contributed by atoms with van der Waals surface area (Å²) in [4.78, 5) is 11.8. The van der Waals surface area contributed by atoms with Gasteiger partial charge in [0.1, 0.15) is 4.21 Å². The van der Waals surface area contributed by atoms with Gasteiger partial charge < -0.3 is 4.74 Å². The van der Waals surface area contributed by atoms with Crippen molar-refractivity contribution in [2.45, 2.75) is 11.1 Å². The SMILES string of the molecule is C=CCN(c1cccc(C(=O)OCC)c1)S(=O)(=O)c1cccs1. The molecule has 1 aromatic heterocycles. The number of ether oxygens (including phenoxy) is 1. The zero-order chi connectivity index (χ0) is 16.9. The number of hydrogen-bond acceptors (Lipinski definition) is 5. The number of nitrogens with zero attached hydrogens (tertiary/aromatic N) is 1. The van der Waals surface area contributed by atoms with Gasteiger partial charge in [-0.05, 0) is 36.6 Å². The summed E-state index contributed by atoms with van der Waals surface area (Å²) in [7, 11) is -3.70. The van der Waals surface area contributed by atoms with Crippen molar-refractivity contribution in [1.29, 1.82) is 0 Å². The third-order valence-electron chi connectivity index (χ3n) is 2.98. The van der Waals surface area contributed by atoms with Crippen LogP contribution in [0, 0.1) is 0 Å². The van der Waals surface area contributed by atoms with E-state index in [9.17, 15) is 13.2 Å². The molecule has 122 valence electrons. The Morgan fingerprint density at radius 2 is 2.13 bits per heavy atom. The molecule has 0 saturated carbocycles. The molecule has 7 heteroatoms. The first-order valence-corrected chi connectivity index (χ1v) is 9.27. The normalized spacial score (nSPS) is 11.0. The molecule has 0 atom stereocenters. The van der Waals surface area contributed by atoms with E-state index in [-0.39, 0.29) is 17.4 Å². The number of benzene rings is 1. The van der Waals surface area contributed by atoms with Crippen molar-refractivity contribution in [3.8, 4) is 0 Å². The Kier molecular flexibility index (Phi) is 5.57. The van der Waals surface area contributed by atoms with Crippen LogP contribution in [-0.2, 0) is 14.8 Å². The zero-order valence-electron chi connectivity index (χ0n) is 12.6. The average molecular weight is 351 g/mol. The van der Waals surface area contributed by atoms with Gasteiger partial charge in [-0.15, -0.1) is 17.9 Å². The lowest BCUT2D eigenvalue weighted by Crippen LogP contribution is -2.30. The van der Waals surface area contributed by atoms with Crippen molar-refractivity contribution in [1.82, 2.24) is 0 Å². The fourth-order valence-corrected chi connectivity index (χ4v) is 4.51. The van der Waals surface area contributed by atoms with Crippen LogP contribution in [0.2, 0.25) is 0 Å². The highest BCUT2D eigenvalue weighted by Crippen LogP contribution is 2.27. The van der Waals surface area contributed by atoms with Crippen LogP contribution in [0.25, 0.3) is 0 Å². The van der Waals surface area contributed by atoms with Crippen molar-refractivity contribution < 1.29 is 17.9 Å². The smallest absolute Gasteiger partial charge is 0.338 e. The van der Waals surface area contributed by atoms with Crippen LogP contribution in [0.4, 0.5) is 5.69 Å². The van der Waals surface area contributed by atoms with Gasteiger partial charge in [0, 0.05) is 0 Å². The van der Waals surface area contributed by atoms with Gasteiger partial charge in [-0.25, -0.2) is 13.2 Å². The third-order valence-corrected chi connectivity index (χ3v) is 6.15. The Labute approximate surface area is 139 Å². The van der Waals surface area contributed by atoms with Gasteiger partial charge in [-0.3, -0.25) is 4.31 Å². The predicted octanol–water partition coefficient (Wildman–Crippen LogP) is 3.31. The van der Waals surface area contributed by atoms with E-state index in [2.05, 4.69) is 6.58 Å². The fraction of sp³-hybridized carbons (Fsp3) is 0.188. The van der Waals surface area contributed by atoms with E-state index in [0.29, 0.717) is 11.3 Å². The zero-order valence-corrected chi connectivity index (χ0v) is 14.3. The topological polar surface area (TPSA) is 63.7 Å². The van der Waals surface area contributed by atoms with Crippen LogP contribution in [0.3, 0.4) is 0 Å². The van der Waals surface area contributed by atoms with Gasteiger partial charge in [-0.1, -0.05) is 18.2 Å². The summed E-state index contributed by atoms with van der Waals surface area (Å²) in [6.45, 7) is 5.69. The Morgan fingerprint density at radius 3 is 2.74 bits per heavy atom. The molecule has 0 bridgehead atoms. The van der Waals surface area contributed by atoms with Crippen LogP contribution in [0.5, 0.6) is 0 Å². The lowest BCUT2D eigenvalue weighted by Gasteiger charge is -2.22. The molecule has 0 aliphatic rings. The minimum atomic E-state index is -3.70. The molecule has 0 unspecified atom stereocenters. The second-order valence-electron chi connectivity index (χ2n) is 4.53. The summed E-state index contributed by atoms with van der Waals surface area (Å²) in [6, 6.07) is 9.58. The minimum absolute atomic E-state index is 0.104. The average Bonchev–Trinajstić information content (AvgIpc) is 3.08. The second-order valence-corrected chi connectivity index (χ2v) is 7.56. The van der Waals surface area contributed by atoms with Crippen molar-refractivity contribution in [2.75, 3.05) is 17.5 Å². The highest BCUT2D eigenvalue weighted by Gasteiger charge is 2.25. The number of rotatable bonds is 7. The summed E-state index contributed by atoms with van der Waals surface area (Å²) < 4.78 is 31.9. The van der Waals surface area contributed by atoms with E-state index >= 15 is 0 Å². The van der Waals surface area contributed by atoms with E-state index < -0.39 is 16.0 Å². The number of thiophene rings is 1. The first-order chi connectivity index (χ1) is 11.0. The van der Waals surface area contributed by atoms with Crippen LogP contribution in [0.15, 0.2) is 58.6 Å². The Morgan fingerprint density at radius 1 is 1.35 bits per heavy atom. The molecule has 0 spiro atoms. The van der Waals surface area contributed by atoms with Crippen LogP contribution >= 0.6 is 11.3 Å². The highest BCUT2D eigenvalue weighted by atomic mass is 32.2. The van der Waals surface area contributed by atoms with Crippen molar-refractivity contribution in [2.24, 2.45) is 0 Å². The largest absolute Gasteiger partial charge is 0.462 e. The quantitative estimate of drug-likeness (QED) is 0.567. The van der Waals surface area contributed by atoms with E-state index in [1.807, 2.05) is 0 Å². The molecule has 0 N–H and O–H groups in total. The Hall–Kier alpha value is -2.12. The molecular formula is C16H17NO4S2. The van der Waals surface area contributed by atoms with Crippen LogP contribution < -0.4 is 4.31 Å². The molecule has 23 heavy (non-hydrogen) atoms. The predicted molar refractivity (Wildman–Crippen MR) is 91.4 cm³/mol. The van der Waals surface area contributed by atoms with E-state index in [4.69, 9.17) is 4.74 Å². The molecule has 2 rings (SSSR count). The molecule has 0 fully saturated rings. The van der Waals surface area contributed by atoms with Gasteiger partial charge in [0.05, 0.1) is 24.4 Å². The number of anilines is 1. The maximum absolute atomic E-state index is 12.8. The molecule has 0 saturated heterocycles. The van der Waals surface area contributed by atoms with E-state index in [1.54, 1.807) is 42.6 Å². The van der Waals surface area contributed by atoms with Crippen molar-refractivity contribution >= 4 is 33.0 Å². The Balaban J connectivity index is 2.44. The molecule has 2 aromatic rings. The van der Waals surface area contributed by atoms with Gasteiger partial charge in [0.2, 0.25) is 0 Å². The molecule has 0 amide bonds. The highest BCUT2D eigenvalue weighted by molar-refractivity contribution is 7.94. The van der Waals surface area contributed by atoms with Gasteiger partial charge in [0.25, 0.3) is 10.0 Å². The second kappa shape index (κ2) is 7.43. The molecule has 1 aromatic carbocycles. The summed E-state index contributed by atoms with van der Waals surface area (Å²) in [5.41, 5.74) is 0.698.